The van der Waals surface area contributed by atoms with Crippen LogP contribution in [-0.2, 0) is 6.54 Å². The number of alkyl halides is 2. The van der Waals surface area contributed by atoms with Gasteiger partial charge < -0.3 is 9.32 Å². The van der Waals surface area contributed by atoms with Gasteiger partial charge in [-0.15, -0.1) is 10.2 Å². The Bertz CT molecular complexity index is 1750. The third kappa shape index (κ3) is 4.81. The molecule has 1 aliphatic rings. The number of hydrogen-bond acceptors (Lipinski definition) is 5. The Balaban J connectivity index is 1.41. The van der Waals surface area contributed by atoms with Gasteiger partial charge in [-0.1, -0.05) is 24.3 Å². The van der Waals surface area contributed by atoms with Gasteiger partial charge >= 0.3 is 12.1 Å². The molecule has 0 saturated carbocycles. The van der Waals surface area contributed by atoms with Gasteiger partial charge in [0.05, 0.1) is 17.6 Å². The van der Waals surface area contributed by atoms with Crippen LogP contribution in [0.1, 0.15) is 36.8 Å². The highest BCUT2D eigenvalue weighted by atomic mass is 19.3. The molecule has 0 atom stereocenters. The van der Waals surface area contributed by atoms with E-state index in [1.165, 1.54) is 28.8 Å². The van der Waals surface area contributed by atoms with Crippen molar-refractivity contribution in [3.05, 3.63) is 94.2 Å². The lowest BCUT2D eigenvalue weighted by Crippen LogP contribution is -2.36. The van der Waals surface area contributed by atoms with E-state index in [0.29, 0.717) is 16.6 Å². The van der Waals surface area contributed by atoms with Gasteiger partial charge in [-0.25, -0.2) is 13.6 Å². The summed E-state index contributed by atoms with van der Waals surface area (Å²) in [5.74, 6) is -2.06. The maximum Gasteiger partial charge on any atom is 0.329 e. The Labute approximate surface area is 226 Å². The van der Waals surface area contributed by atoms with E-state index in [1.54, 1.807) is 16.7 Å². The lowest BCUT2D eigenvalue weighted by molar-refractivity contribution is 0.116. The molecule has 0 amide bonds. The van der Waals surface area contributed by atoms with E-state index in [9.17, 15) is 18.0 Å². The van der Waals surface area contributed by atoms with E-state index in [-0.39, 0.29) is 41.1 Å². The number of halogens is 4. The molecule has 40 heavy (non-hydrogen) atoms. The molecule has 1 aliphatic heterocycles. The van der Waals surface area contributed by atoms with Crippen LogP contribution in [0.15, 0.2) is 69.9 Å². The summed E-state index contributed by atoms with van der Waals surface area (Å²) in [5.41, 5.74) is 2.91. The van der Waals surface area contributed by atoms with Crippen molar-refractivity contribution in [1.29, 1.82) is 0 Å². The summed E-state index contributed by atoms with van der Waals surface area (Å²) in [6.45, 7) is 1.63. The number of rotatable bonds is 6. The van der Waals surface area contributed by atoms with Crippen LogP contribution in [0.5, 0.6) is 0 Å². The van der Waals surface area contributed by atoms with Crippen LogP contribution >= 0.6 is 0 Å². The highest BCUT2D eigenvalue weighted by Crippen LogP contribution is 2.31. The molecule has 206 valence electrons. The summed E-state index contributed by atoms with van der Waals surface area (Å²) in [5, 5.41) is 6.85. The quantitative estimate of drug-likeness (QED) is 0.240. The van der Waals surface area contributed by atoms with Crippen LogP contribution in [-0.4, -0.2) is 44.4 Å². The Morgan fingerprint density at radius 3 is 2.38 bits per heavy atom. The average Bonchev–Trinajstić information content (AvgIpc) is 3.54. The van der Waals surface area contributed by atoms with E-state index < -0.39 is 18.1 Å². The van der Waals surface area contributed by atoms with Gasteiger partial charge in [0.25, 0.3) is 5.89 Å². The van der Waals surface area contributed by atoms with Crippen LogP contribution < -0.4 is 5.69 Å². The smallest absolute Gasteiger partial charge is 0.329 e. The summed E-state index contributed by atoms with van der Waals surface area (Å²) in [6.07, 6.45) is -1.36. The summed E-state index contributed by atoms with van der Waals surface area (Å²) in [6, 6.07) is 15.8. The van der Waals surface area contributed by atoms with Crippen LogP contribution in [0, 0.1) is 11.6 Å². The number of nitrogens with zero attached hydrogens (tertiary/aromatic N) is 5. The third-order valence-electron chi connectivity index (χ3n) is 7.43. The highest BCUT2D eigenvalue weighted by Gasteiger charge is 2.25. The lowest BCUT2D eigenvalue weighted by Gasteiger charge is -2.29. The molecule has 0 bridgehead atoms. The second-order valence-corrected chi connectivity index (χ2v) is 10.0. The Hall–Kier alpha value is -4.25. The zero-order valence-electron chi connectivity index (χ0n) is 21.5. The molecular weight excluding hydrogens is 526 g/mol. The first-order valence-corrected chi connectivity index (χ1v) is 12.9. The van der Waals surface area contributed by atoms with Gasteiger partial charge in [0.2, 0.25) is 5.89 Å². The first-order chi connectivity index (χ1) is 19.3. The third-order valence-corrected chi connectivity index (χ3v) is 7.43. The van der Waals surface area contributed by atoms with Gasteiger partial charge in [-0.3, -0.25) is 9.13 Å². The highest BCUT2D eigenvalue weighted by molar-refractivity contribution is 5.83. The number of imidazole rings is 1. The van der Waals surface area contributed by atoms with Crippen LogP contribution in [0.4, 0.5) is 17.6 Å². The standard InChI is InChI=1S/C29H25F4N5O2/c1-36-11-9-22(10-12-36)38-25-15-18(17-3-2-4-21(30)13-17)7-8-24(25)37(29(38)39)16-20-6-5-19(14-23(20)31)27-34-35-28(40-27)26(32)33/h2-8,13-15,22,26H,9-12,16H2,1H3. The van der Waals surface area contributed by atoms with E-state index in [0.717, 1.165) is 37.6 Å². The molecule has 1 fully saturated rings. The zero-order chi connectivity index (χ0) is 28.0. The number of benzene rings is 3. The predicted molar refractivity (Wildman–Crippen MR) is 141 cm³/mol. The molecule has 3 aromatic carbocycles. The van der Waals surface area contributed by atoms with Gasteiger partial charge in [-0.2, -0.15) is 8.78 Å². The maximum absolute atomic E-state index is 15.2. The summed E-state index contributed by atoms with van der Waals surface area (Å²) in [7, 11) is 2.04. The minimum absolute atomic E-state index is 0.0380. The lowest BCUT2D eigenvalue weighted by atomic mass is 10.0. The molecule has 0 spiro atoms. The minimum Gasteiger partial charge on any atom is -0.415 e. The first-order valence-electron chi connectivity index (χ1n) is 12.9. The first kappa shape index (κ1) is 26.0. The molecule has 11 heteroatoms. The van der Waals surface area contributed by atoms with Crippen molar-refractivity contribution in [1.82, 2.24) is 24.2 Å². The fourth-order valence-electron chi connectivity index (χ4n) is 5.31. The molecule has 0 aliphatic carbocycles. The second-order valence-electron chi connectivity index (χ2n) is 10.0. The average molecular weight is 552 g/mol. The van der Waals surface area contributed by atoms with E-state index >= 15 is 4.39 Å². The zero-order valence-corrected chi connectivity index (χ0v) is 21.5. The van der Waals surface area contributed by atoms with Gasteiger partial charge in [-0.05, 0) is 80.5 Å². The van der Waals surface area contributed by atoms with Crippen molar-refractivity contribution >= 4 is 11.0 Å². The Morgan fingerprint density at radius 2 is 1.68 bits per heavy atom. The normalized spacial score (nSPS) is 14.9. The molecule has 0 N–H and O–H groups in total. The van der Waals surface area contributed by atoms with Gasteiger partial charge in [0, 0.05) is 17.2 Å². The fraction of sp³-hybridized carbons (Fsp3) is 0.276. The van der Waals surface area contributed by atoms with E-state index in [4.69, 9.17) is 4.42 Å². The molecular formula is C29H25F4N5O2. The largest absolute Gasteiger partial charge is 0.415 e. The van der Waals surface area contributed by atoms with E-state index in [2.05, 4.69) is 15.1 Å². The van der Waals surface area contributed by atoms with Gasteiger partial charge in [0.15, 0.2) is 0 Å². The maximum atomic E-state index is 15.2. The van der Waals surface area contributed by atoms with Crippen molar-refractivity contribution in [3.63, 3.8) is 0 Å². The predicted octanol–water partition coefficient (Wildman–Crippen LogP) is 6.05. The molecule has 0 radical (unpaired) electrons. The molecule has 3 heterocycles. The van der Waals surface area contributed by atoms with Crippen molar-refractivity contribution in [2.24, 2.45) is 0 Å². The molecule has 2 aromatic heterocycles. The fourth-order valence-corrected chi connectivity index (χ4v) is 5.31. The second kappa shape index (κ2) is 10.4. The van der Waals surface area contributed by atoms with Crippen molar-refractivity contribution < 1.29 is 22.0 Å². The molecule has 6 rings (SSSR count). The summed E-state index contributed by atoms with van der Waals surface area (Å²) >= 11 is 0. The summed E-state index contributed by atoms with van der Waals surface area (Å²) in [4.78, 5) is 16.1. The topological polar surface area (TPSA) is 69.1 Å². The number of fused-ring (bicyclic) bond motifs is 1. The SMILES string of the molecule is CN1CCC(n2c(=O)n(Cc3ccc(-c4nnc(C(F)F)o4)cc3F)c3ccc(-c4cccc(F)c4)cc32)CC1. The number of piperidine rings is 1. The monoisotopic (exact) mass is 551 g/mol. The minimum atomic E-state index is -2.93. The van der Waals surface area contributed by atoms with Crippen molar-refractivity contribution in [3.8, 4) is 22.6 Å². The van der Waals surface area contributed by atoms with Gasteiger partial charge in [0.1, 0.15) is 11.6 Å². The van der Waals surface area contributed by atoms with Crippen molar-refractivity contribution in [2.75, 3.05) is 20.1 Å². The number of aromatic nitrogens is 4. The summed E-state index contributed by atoms with van der Waals surface area (Å²) < 4.78 is 63.1. The Morgan fingerprint density at radius 1 is 0.925 bits per heavy atom. The van der Waals surface area contributed by atoms with Crippen LogP contribution in [0.3, 0.4) is 0 Å². The van der Waals surface area contributed by atoms with Crippen LogP contribution in [0.2, 0.25) is 0 Å². The molecule has 5 aromatic rings. The molecule has 0 unspecified atom stereocenters. The Kier molecular flexibility index (Phi) is 6.75. The number of hydrogen-bond donors (Lipinski definition) is 0. The molecule has 7 nitrogen and oxygen atoms in total. The molecule has 1 saturated heterocycles. The van der Waals surface area contributed by atoms with Crippen molar-refractivity contribution in [2.45, 2.75) is 31.9 Å². The van der Waals surface area contributed by atoms with E-state index in [1.807, 2.05) is 25.2 Å². The van der Waals surface area contributed by atoms with Crippen LogP contribution in [0.25, 0.3) is 33.6 Å². The number of likely N-dealkylation sites (tertiary alicyclic amines) is 1.